The normalized spacial score (nSPS) is 12.3. The Morgan fingerprint density at radius 3 is 2.67 bits per heavy atom. The average molecular weight is 273 g/mol. The van der Waals surface area contributed by atoms with Crippen LogP contribution in [0.4, 0.5) is 4.39 Å². The summed E-state index contributed by atoms with van der Waals surface area (Å²) in [6, 6.07) is 4.45. The third-order valence-electron chi connectivity index (χ3n) is 1.98. The summed E-state index contributed by atoms with van der Waals surface area (Å²) in [5.41, 5.74) is 4.75. The summed E-state index contributed by atoms with van der Waals surface area (Å²) in [4.78, 5) is 0. The predicted octanol–water partition coefficient (Wildman–Crippen LogP) is 3.06. The molecule has 0 radical (unpaired) electrons. The van der Waals surface area contributed by atoms with Crippen LogP contribution in [0.3, 0.4) is 0 Å². The molecule has 15 heavy (non-hydrogen) atoms. The second-order valence-corrected chi connectivity index (χ2v) is 4.41. The zero-order valence-corrected chi connectivity index (χ0v) is 10.3. The highest BCUT2D eigenvalue weighted by atomic mass is 79.9. The maximum Gasteiger partial charge on any atom is 0.124 e. The fourth-order valence-corrected chi connectivity index (χ4v) is 1.91. The summed E-state index contributed by atoms with van der Waals surface area (Å²) >= 11 is 3.31. The van der Waals surface area contributed by atoms with E-state index in [-0.39, 0.29) is 11.9 Å². The van der Waals surface area contributed by atoms with Crippen LogP contribution in [0.25, 0.3) is 0 Å². The van der Waals surface area contributed by atoms with E-state index in [9.17, 15) is 4.39 Å². The van der Waals surface area contributed by atoms with Crippen molar-refractivity contribution in [1.29, 1.82) is 0 Å². The largest absolute Gasteiger partial charge is 0.271 e. The molecule has 1 aromatic carbocycles. The van der Waals surface area contributed by atoms with Gasteiger partial charge in [-0.05, 0) is 31.5 Å². The molecule has 0 aromatic heterocycles. The van der Waals surface area contributed by atoms with E-state index in [0.717, 1.165) is 11.1 Å². The summed E-state index contributed by atoms with van der Waals surface area (Å²) in [6.45, 7) is 3.98. The number of nitrogens with two attached hydrogens (primary N) is 1. The lowest BCUT2D eigenvalue weighted by atomic mass is 10.1. The van der Waals surface area contributed by atoms with Crippen molar-refractivity contribution >= 4 is 15.9 Å². The van der Waals surface area contributed by atoms with Crippen molar-refractivity contribution in [3.05, 3.63) is 45.7 Å². The molecule has 0 fully saturated rings. The van der Waals surface area contributed by atoms with Crippen LogP contribution in [0.1, 0.15) is 25.5 Å². The second-order valence-electron chi connectivity index (χ2n) is 3.55. The number of allylic oxidation sites excluding steroid dienone is 1. The van der Waals surface area contributed by atoms with Crippen molar-refractivity contribution in [1.82, 2.24) is 5.43 Å². The molecule has 1 rings (SSSR count). The first-order valence-corrected chi connectivity index (χ1v) is 5.40. The van der Waals surface area contributed by atoms with Gasteiger partial charge in [-0.25, -0.2) is 9.82 Å². The predicted molar refractivity (Wildman–Crippen MR) is 63.6 cm³/mol. The molecule has 0 heterocycles. The lowest BCUT2D eigenvalue weighted by Gasteiger charge is -2.14. The van der Waals surface area contributed by atoms with Crippen LogP contribution in [0.5, 0.6) is 0 Å². The van der Waals surface area contributed by atoms with Crippen LogP contribution in [0.2, 0.25) is 0 Å². The maximum atomic E-state index is 12.9. The summed E-state index contributed by atoms with van der Waals surface area (Å²) in [6.07, 6.45) is 1.98. The summed E-state index contributed by atoms with van der Waals surface area (Å²) in [7, 11) is 0. The number of halogens is 2. The Kier molecular flexibility index (Phi) is 4.45. The molecule has 1 atom stereocenters. The monoisotopic (exact) mass is 272 g/mol. The SMILES string of the molecule is CC(C)=CC(NN)c1ccc(F)cc1Br. The van der Waals surface area contributed by atoms with Crippen LogP contribution < -0.4 is 11.3 Å². The Bertz CT molecular complexity index is 373. The Balaban J connectivity index is 3.07. The van der Waals surface area contributed by atoms with Gasteiger partial charge >= 0.3 is 0 Å². The van der Waals surface area contributed by atoms with Crippen molar-refractivity contribution < 1.29 is 4.39 Å². The number of hydrazine groups is 1. The third-order valence-corrected chi connectivity index (χ3v) is 2.66. The van der Waals surface area contributed by atoms with E-state index in [4.69, 9.17) is 5.84 Å². The van der Waals surface area contributed by atoms with Gasteiger partial charge in [0.25, 0.3) is 0 Å². The van der Waals surface area contributed by atoms with Gasteiger partial charge in [0.15, 0.2) is 0 Å². The molecule has 1 aromatic rings. The molecule has 0 saturated carbocycles. The van der Waals surface area contributed by atoms with E-state index in [1.54, 1.807) is 6.07 Å². The molecule has 1 unspecified atom stereocenters. The molecular weight excluding hydrogens is 259 g/mol. The van der Waals surface area contributed by atoms with Crippen LogP contribution >= 0.6 is 15.9 Å². The zero-order chi connectivity index (χ0) is 11.4. The Hall–Kier alpha value is -0.710. The molecule has 2 nitrogen and oxygen atoms in total. The van der Waals surface area contributed by atoms with E-state index in [1.807, 2.05) is 19.9 Å². The molecule has 82 valence electrons. The highest BCUT2D eigenvalue weighted by molar-refractivity contribution is 9.10. The summed E-state index contributed by atoms with van der Waals surface area (Å²) < 4.78 is 13.6. The van der Waals surface area contributed by atoms with E-state index in [2.05, 4.69) is 21.4 Å². The van der Waals surface area contributed by atoms with Crippen LogP contribution in [0, 0.1) is 5.82 Å². The van der Waals surface area contributed by atoms with Crippen molar-refractivity contribution in [2.75, 3.05) is 0 Å². The van der Waals surface area contributed by atoms with Crippen LogP contribution in [0.15, 0.2) is 34.3 Å². The zero-order valence-electron chi connectivity index (χ0n) is 8.72. The van der Waals surface area contributed by atoms with E-state index in [0.29, 0.717) is 4.47 Å². The standard InChI is InChI=1S/C11H14BrFN2/c1-7(2)5-11(15-14)9-4-3-8(13)6-10(9)12/h3-6,11,15H,14H2,1-2H3. The Morgan fingerprint density at radius 1 is 1.53 bits per heavy atom. The smallest absolute Gasteiger partial charge is 0.124 e. The Morgan fingerprint density at radius 2 is 2.20 bits per heavy atom. The molecule has 0 spiro atoms. The van der Waals surface area contributed by atoms with Crippen LogP contribution in [-0.2, 0) is 0 Å². The minimum absolute atomic E-state index is 0.107. The summed E-state index contributed by atoms with van der Waals surface area (Å²) in [5, 5.41) is 0. The molecule has 0 aliphatic rings. The number of nitrogens with one attached hydrogen (secondary N) is 1. The highest BCUT2D eigenvalue weighted by Gasteiger charge is 2.10. The number of hydrogen-bond donors (Lipinski definition) is 2. The van der Waals surface area contributed by atoms with Gasteiger partial charge in [-0.3, -0.25) is 5.84 Å². The average Bonchev–Trinajstić information content (AvgIpc) is 2.14. The van der Waals surface area contributed by atoms with Gasteiger partial charge in [0.05, 0.1) is 6.04 Å². The van der Waals surface area contributed by atoms with E-state index in [1.165, 1.54) is 12.1 Å². The first-order chi connectivity index (χ1) is 7.04. The maximum absolute atomic E-state index is 12.9. The van der Waals surface area contributed by atoms with Crippen molar-refractivity contribution in [2.45, 2.75) is 19.9 Å². The summed E-state index contributed by atoms with van der Waals surface area (Å²) in [5.74, 6) is 5.19. The first-order valence-electron chi connectivity index (χ1n) is 4.60. The molecule has 0 aliphatic carbocycles. The van der Waals surface area contributed by atoms with Gasteiger partial charge < -0.3 is 0 Å². The van der Waals surface area contributed by atoms with Gasteiger partial charge in [-0.1, -0.05) is 33.6 Å². The first kappa shape index (κ1) is 12.4. The highest BCUT2D eigenvalue weighted by Crippen LogP contribution is 2.25. The van der Waals surface area contributed by atoms with Crippen molar-refractivity contribution in [2.24, 2.45) is 5.84 Å². The molecule has 0 amide bonds. The molecule has 4 heteroatoms. The Labute approximate surface area is 97.5 Å². The van der Waals surface area contributed by atoms with E-state index >= 15 is 0 Å². The third kappa shape index (κ3) is 3.41. The molecule has 0 saturated heterocycles. The van der Waals surface area contributed by atoms with Gasteiger partial charge in [-0.2, -0.15) is 0 Å². The minimum Gasteiger partial charge on any atom is -0.271 e. The minimum atomic E-state index is -0.265. The lowest BCUT2D eigenvalue weighted by molar-refractivity contribution is 0.617. The van der Waals surface area contributed by atoms with Gasteiger partial charge in [0.1, 0.15) is 5.82 Å². The molecule has 0 bridgehead atoms. The number of benzene rings is 1. The lowest BCUT2D eigenvalue weighted by Crippen LogP contribution is -2.27. The van der Waals surface area contributed by atoms with Gasteiger partial charge in [0, 0.05) is 4.47 Å². The molecule has 3 N–H and O–H groups in total. The molecule has 0 aliphatic heterocycles. The van der Waals surface area contributed by atoms with Crippen LogP contribution in [-0.4, -0.2) is 0 Å². The van der Waals surface area contributed by atoms with Crippen molar-refractivity contribution in [3.8, 4) is 0 Å². The number of rotatable bonds is 3. The van der Waals surface area contributed by atoms with E-state index < -0.39 is 0 Å². The molecular formula is C11H14BrFN2. The fourth-order valence-electron chi connectivity index (χ4n) is 1.31. The van der Waals surface area contributed by atoms with Gasteiger partial charge in [-0.15, -0.1) is 0 Å². The second kappa shape index (κ2) is 5.39. The van der Waals surface area contributed by atoms with Gasteiger partial charge in [0.2, 0.25) is 0 Å². The van der Waals surface area contributed by atoms with Crippen molar-refractivity contribution in [3.63, 3.8) is 0 Å². The quantitative estimate of drug-likeness (QED) is 0.504. The number of hydrogen-bond acceptors (Lipinski definition) is 2. The fraction of sp³-hybridized carbons (Fsp3) is 0.273. The topological polar surface area (TPSA) is 38.0 Å².